The maximum atomic E-state index is 12.5. The molecule has 3 aromatic rings. The lowest BCUT2D eigenvalue weighted by molar-refractivity contribution is -0.274. The quantitative estimate of drug-likeness (QED) is 0.535. The van der Waals surface area contributed by atoms with E-state index in [9.17, 15) is 13.2 Å². The molecule has 1 aromatic carbocycles. The summed E-state index contributed by atoms with van der Waals surface area (Å²) in [6.07, 6.45) is -0.433. The van der Waals surface area contributed by atoms with Gasteiger partial charge in [-0.25, -0.2) is 4.98 Å². The number of imidazole rings is 1. The van der Waals surface area contributed by atoms with Crippen molar-refractivity contribution in [2.45, 2.75) is 36.9 Å². The molecule has 4 nitrogen and oxygen atoms in total. The zero-order valence-corrected chi connectivity index (χ0v) is 15.7. The van der Waals surface area contributed by atoms with E-state index in [1.807, 2.05) is 17.8 Å². The van der Waals surface area contributed by atoms with Gasteiger partial charge in [0.2, 0.25) is 0 Å². The van der Waals surface area contributed by atoms with E-state index in [1.165, 1.54) is 30.5 Å². The van der Waals surface area contributed by atoms with Crippen molar-refractivity contribution >= 4 is 22.8 Å². The van der Waals surface area contributed by atoms with Crippen molar-refractivity contribution in [2.24, 2.45) is 7.05 Å². The highest BCUT2D eigenvalue weighted by molar-refractivity contribution is 7.99. The lowest BCUT2D eigenvalue weighted by Crippen LogP contribution is -2.16. The molecular weight excluding hydrogens is 375 g/mol. The van der Waals surface area contributed by atoms with Crippen LogP contribution in [0.4, 0.5) is 13.2 Å². The molecule has 8 heteroatoms. The van der Waals surface area contributed by atoms with Crippen LogP contribution in [-0.2, 0) is 7.05 Å². The molecule has 0 amide bonds. The summed E-state index contributed by atoms with van der Waals surface area (Å²) in [5.41, 5.74) is 3.16. The second kappa shape index (κ2) is 6.74. The highest BCUT2D eigenvalue weighted by atomic mass is 32.2. The van der Waals surface area contributed by atoms with E-state index in [4.69, 9.17) is 0 Å². The van der Waals surface area contributed by atoms with Crippen LogP contribution in [0, 0.1) is 0 Å². The Labute approximate surface area is 158 Å². The molecule has 0 radical (unpaired) electrons. The Hall–Kier alpha value is -2.22. The van der Waals surface area contributed by atoms with Crippen LogP contribution < -0.4 is 4.74 Å². The number of hydrogen-bond donors (Lipinski definition) is 0. The van der Waals surface area contributed by atoms with Crippen LogP contribution in [-0.4, -0.2) is 26.7 Å². The number of hydrogen-bond acceptors (Lipinski definition) is 4. The van der Waals surface area contributed by atoms with Crippen LogP contribution in [0.2, 0.25) is 0 Å². The van der Waals surface area contributed by atoms with Gasteiger partial charge in [-0.2, -0.15) is 0 Å². The number of pyridine rings is 1. The van der Waals surface area contributed by atoms with Gasteiger partial charge in [-0.05, 0) is 48.3 Å². The molecule has 0 N–H and O–H groups in total. The van der Waals surface area contributed by atoms with E-state index in [0.717, 1.165) is 21.9 Å². The predicted molar refractivity (Wildman–Crippen MR) is 99.0 cm³/mol. The molecule has 1 aliphatic rings. The van der Waals surface area contributed by atoms with Crippen molar-refractivity contribution in [1.82, 2.24) is 14.5 Å². The first kappa shape index (κ1) is 18.2. The van der Waals surface area contributed by atoms with Crippen LogP contribution in [0.1, 0.15) is 31.2 Å². The lowest BCUT2D eigenvalue weighted by Gasteiger charge is -2.10. The summed E-state index contributed by atoms with van der Waals surface area (Å²) >= 11 is 1.70. The Morgan fingerprint density at radius 3 is 2.70 bits per heavy atom. The fraction of sp³-hybridized carbons (Fsp3) is 0.368. The predicted octanol–water partition coefficient (Wildman–Crippen LogP) is 5.52. The number of aromatic nitrogens is 3. The van der Waals surface area contributed by atoms with E-state index in [-0.39, 0.29) is 5.75 Å². The summed E-state index contributed by atoms with van der Waals surface area (Å²) < 4.78 is 43.3. The number of rotatable bonds is 5. The third-order valence-corrected chi connectivity index (χ3v) is 5.43. The minimum Gasteiger partial charge on any atom is -0.406 e. The van der Waals surface area contributed by atoms with Crippen LogP contribution in [0.15, 0.2) is 35.4 Å². The molecule has 1 aliphatic carbocycles. The van der Waals surface area contributed by atoms with Crippen molar-refractivity contribution < 1.29 is 17.9 Å². The van der Waals surface area contributed by atoms with Crippen molar-refractivity contribution in [3.63, 3.8) is 0 Å². The second-order valence-corrected chi connectivity index (χ2v) is 7.82. The summed E-state index contributed by atoms with van der Waals surface area (Å²) in [4.78, 5) is 10.2. The molecule has 0 aliphatic heterocycles. The fourth-order valence-electron chi connectivity index (χ4n) is 3.12. The van der Waals surface area contributed by atoms with Crippen LogP contribution in [0.5, 0.6) is 5.75 Å². The van der Waals surface area contributed by atoms with Crippen molar-refractivity contribution in [2.75, 3.05) is 5.75 Å². The molecule has 0 spiro atoms. The first-order valence-corrected chi connectivity index (χ1v) is 9.69. The molecular formula is C19H18F3N3OS. The van der Waals surface area contributed by atoms with Gasteiger partial charge < -0.3 is 9.30 Å². The minimum atomic E-state index is -4.73. The monoisotopic (exact) mass is 393 g/mol. The molecule has 27 heavy (non-hydrogen) atoms. The maximum absolute atomic E-state index is 12.5. The Balaban J connectivity index is 1.78. The SMILES string of the molecule is CCSc1cc(C2CC2)cnc1-c1nc2cc(OC(F)(F)F)ccc2n1C. The van der Waals surface area contributed by atoms with E-state index >= 15 is 0 Å². The molecule has 0 bridgehead atoms. The number of fused-ring (bicyclic) bond motifs is 1. The fourth-order valence-corrected chi connectivity index (χ4v) is 3.93. The second-order valence-electron chi connectivity index (χ2n) is 6.52. The van der Waals surface area contributed by atoms with Gasteiger partial charge >= 0.3 is 6.36 Å². The molecule has 1 saturated carbocycles. The molecule has 4 rings (SSSR count). The Morgan fingerprint density at radius 1 is 1.26 bits per heavy atom. The number of alkyl halides is 3. The first-order chi connectivity index (χ1) is 12.9. The van der Waals surface area contributed by atoms with E-state index in [1.54, 1.807) is 17.8 Å². The normalized spacial score (nSPS) is 14.7. The highest BCUT2D eigenvalue weighted by Gasteiger charge is 2.31. The van der Waals surface area contributed by atoms with E-state index < -0.39 is 6.36 Å². The number of thioether (sulfide) groups is 1. The van der Waals surface area contributed by atoms with Gasteiger partial charge in [0, 0.05) is 24.2 Å². The lowest BCUT2D eigenvalue weighted by atomic mass is 10.2. The van der Waals surface area contributed by atoms with Gasteiger partial charge in [-0.3, -0.25) is 4.98 Å². The third kappa shape index (κ3) is 3.76. The zero-order valence-electron chi connectivity index (χ0n) is 14.9. The average Bonchev–Trinajstić information content (AvgIpc) is 3.39. The average molecular weight is 393 g/mol. The number of nitrogens with zero attached hydrogens (tertiary/aromatic N) is 3. The van der Waals surface area contributed by atoms with Crippen molar-refractivity contribution in [3.8, 4) is 17.3 Å². The molecule has 0 unspecified atom stereocenters. The Bertz CT molecular complexity index is 996. The topological polar surface area (TPSA) is 39.9 Å². The summed E-state index contributed by atoms with van der Waals surface area (Å²) in [6.45, 7) is 2.08. The van der Waals surface area contributed by atoms with Crippen molar-refractivity contribution in [1.29, 1.82) is 0 Å². The number of halogens is 3. The van der Waals surface area contributed by atoms with Crippen LogP contribution in [0.25, 0.3) is 22.6 Å². The maximum Gasteiger partial charge on any atom is 0.573 e. The summed E-state index contributed by atoms with van der Waals surface area (Å²) in [5.74, 6) is 1.86. The van der Waals surface area contributed by atoms with Crippen LogP contribution in [0.3, 0.4) is 0 Å². The minimum absolute atomic E-state index is 0.278. The largest absolute Gasteiger partial charge is 0.573 e. The molecule has 0 saturated heterocycles. The molecule has 0 atom stereocenters. The molecule has 2 aromatic heterocycles. The molecule has 2 heterocycles. The number of aryl methyl sites for hydroxylation is 1. The van der Waals surface area contributed by atoms with Crippen molar-refractivity contribution in [3.05, 3.63) is 36.0 Å². The number of ether oxygens (including phenoxy) is 1. The standard InChI is InChI=1S/C19H18F3N3OS/c1-3-27-16-8-12(11-4-5-11)10-23-17(16)18-24-14-9-13(26-19(20,21)22)6-7-15(14)25(18)2/h6-11H,3-5H2,1-2H3. The third-order valence-electron chi connectivity index (χ3n) is 4.52. The Kier molecular flexibility index (Phi) is 4.53. The summed E-state index contributed by atoms with van der Waals surface area (Å²) in [7, 11) is 1.84. The molecule has 1 fully saturated rings. The van der Waals surface area contributed by atoms with Crippen LogP contribution >= 0.6 is 11.8 Å². The van der Waals surface area contributed by atoms with Gasteiger partial charge in [-0.1, -0.05) is 6.92 Å². The van der Waals surface area contributed by atoms with Gasteiger partial charge in [0.05, 0.1) is 11.0 Å². The van der Waals surface area contributed by atoms with Gasteiger partial charge in [0.25, 0.3) is 0 Å². The van der Waals surface area contributed by atoms with E-state index in [0.29, 0.717) is 17.3 Å². The van der Waals surface area contributed by atoms with Gasteiger partial charge in [0.1, 0.15) is 11.4 Å². The first-order valence-electron chi connectivity index (χ1n) is 8.71. The van der Waals surface area contributed by atoms with Gasteiger partial charge in [-0.15, -0.1) is 24.9 Å². The van der Waals surface area contributed by atoms with Gasteiger partial charge in [0.15, 0.2) is 5.82 Å². The smallest absolute Gasteiger partial charge is 0.406 e. The summed E-state index contributed by atoms with van der Waals surface area (Å²) in [5, 5.41) is 0. The molecule has 142 valence electrons. The van der Waals surface area contributed by atoms with E-state index in [2.05, 4.69) is 27.7 Å². The summed E-state index contributed by atoms with van der Waals surface area (Å²) in [6, 6.07) is 6.36. The zero-order chi connectivity index (χ0) is 19.2. The Morgan fingerprint density at radius 2 is 2.04 bits per heavy atom. The number of benzene rings is 1. The highest BCUT2D eigenvalue weighted by Crippen LogP contribution is 2.42.